The number of ether oxygens (including phenoxy) is 1. The van der Waals surface area contributed by atoms with Crippen molar-refractivity contribution < 1.29 is 17.9 Å². The molecule has 0 radical (unpaired) electrons. The summed E-state index contributed by atoms with van der Waals surface area (Å²) in [6.45, 7) is 2.42. The Bertz CT molecular complexity index is 1520. The highest BCUT2D eigenvalue weighted by molar-refractivity contribution is 7.90. The second-order valence-corrected chi connectivity index (χ2v) is 10.6. The van der Waals surface area contributed by atoms with Gasteiger partial charge in [-0.25, -0.2) is 18.1 Å². The molecule has 10 heteroatoms. The number of hydrogen-bond donors (Lipinski definition) is 0. The van der Waals surface area contributed by atoms with Gasteiger partial charge in [-0.15, -0.1) is 0 Å². The van der Waals surface area contributed by atoms with Crippen molar-refractivity contribution in [1.82, 2.24) is 24.2 Å². The second-order valence-electron chi connectivity index (χ2n) is 8.65. The van der Waals surface area contributed by atoms with E-state index < -0.39 is 9.84 Å². The van der Waals surface area contributed by atoms with E-state index in [4.69, 9.17) is 9.84 Å². The topological polar surface area (TPSA) is 99.3 Å². The lowest BCUT2D eigenvalue weighted by Gasteiger charge is -2.26. The quantitative estimate of drug-likeness (QED) is 0.437. The predicted molar refractivity (Wildman–Crippen MR) is 128 cm³/mol. The molecule has 35 heavy (non-hydrogen) atoms. The van der Waals surface area contributed by atoms with Gasteiger partial charge < -0.3 is 14.2 Å². The van der Waals surface area contributed by atoms with Gasteiger partial charge in [-0.2, -0.15) is 5.10 Å². The van der Waals surface area contributed by atoms with E-state index in [2.05, 4.69) is 4.98 Å². The molecule has 0 spiro atoms. The highest BCUT2D eigenvalue weighted by Gasteiger charge is 2.37. The number of carbonyl (C=O) groups excluding carboxylic acids is 1. The molecular weight excluding hydrogens is 466 g/mol. The molecular formula is C25H23N5O4S. The highest BCUT2D eigenvalue weighted by atomic mass is 32.2. The SMILES string of the molecule is O=C(c1nn(-c2cccc(Cn3ccnc3)c2)c2c1CS(=O)(=O)c1ccccc1-2)N1CCOCC1. The summed E-state index contributed by atoms with van der Waals surface area (Å²) in [5.74, 6) is -0.535. The Kier molecular flexibility index (Phi) is 5.27. The van der Waals surface area contributed by atoms with E-state index in [-0.39, 0.29) is 22.2 Å². The van der Waals surface area contributed by atoms with Gasteiger partial charge in [0, 0.05) is 43.2 Å². The number of benzene rings is 2. The molecule has 0 atom stereocenters. The van der Waals surface area contributed by atoms with Gasteiger partial charge >= 0.3 is 0 Å². The van der Waals surface area contributed by atoms with Gasteiger partial charge in [0.1, 0.15) is 0 Å². The van der Waals surface area contributed by atoms with Crippen molar-refractivity contribution in [1.29, 1.82) is 0 Å². The molecule has 0 bridgehead atoms. The van der Waals surface area contributed by atoms with Crippen molar-refractivity contribution in [3.8, 4) is 16.9 Å². The van der Waals surface area contributed by atoms with Gasteiger partial charge in [0.2, 0.25) is 0 Å². The van der Waals surface area contributed by atoms with Crippen LogP contribution in [0.4, 0.5) is 0 Å². The lowest BCUT2D eigenvalue weighted by atomic mass is 10.0. The molecule has 6 rings (SSSR count). The van der Waals surface area contributed by atoms with Crippen molar-refractivity contribution in [3.63, 3.8) is 0 Å². The van der Waals surface area contributed by atoms with Crippen LogP contribution in [0.5, 0.6) is 0 Å². The fourth-order valence-electron chi connectivity index (χ4n) is 4.72. The first-order chi connectivity index (χ1) is 17.0. The maximum atomic E-state index is 13.5. The number of carbonyl (C=O) groups is 1. The molecule has 4 aromatic rings. The number of nitrogens with zero attached hydrogens (tertiary/aromatic N) is 5. The summed E-state index contributed by atoms with van der Waals surface area (Å²) in [4.78, 5) is 19.5. The third-order valence-corrected chi connectivity index (χ3v) is 8.07. The monoisotopic (exact) mass is 489 g/mol. The lowest BCUT2D eigenvalue weighted by molar-refractivity contribution is 0.0298. The van der Waals surface area contributed by atoms with Crippen LogP contribution in [-0.2, 0) is 26.9 Å². The molecule has 2 aromatic carbocycles. The Morgan fingerprint density at radius 2 is 1.89 bits per heavy atom. The van der Waals surface area contributed by atoms with Crippen molar-refractivity contribution in [3.05, 3.63) is 84.1 Å². The van der Waals surface area contributed by atoms with Gasteiger partial charge in [0.25, 0.3) is 5.91 Å². The van der Waals surface area contributed by atoms with Crippen LogP contribution in [0, 0.1) is 0 Å². The zero-order valence-electron chi connectivity index (χ0n) is 18.9. The average Bonchev–Trinajstić information content (AvgIpc) is 3.52. The fraction of sp³-hybridized carbons (Fsp3) is 0.240. The maximum Gasteiger partial charge on any atom is 0.274 e. The van der Waals surface area contributed by atoms with E-state index >= 15 is 0 Å². The minimum absolute atomic E-state index is 0.181. The standard InChI is InChI=1S/C25H23N5O4S/c31-25(29-10-12-34-13-11-29)23-21-16-35(32,33)22-7-2-1-6-20(22)24(21)30(27-23)19-5-3-4-18(14-19)15-28-9-8-26-17-28/h1-9,14,17H,10-13,15-16H2. The number of imidazole rings is 1. The normalized spacial score (nSPS) is 16.5. The summed E-state index contributed by atoms with van der Waals surface area (Å²) in [7, 11) is -3.61. The maximum absolute atomic E-state index is 13.5. The lowest BCUT2D eigenvalue weighted by Crippen LogP contribution is -2.41. The smallest absolute Gasteiger partial charge is 0.274 e. The first kappa shape index (κ1) is 21.8. The van der Waals surface area contributed by atoms with E-state index in [9.17, 15) is 13.2 Å². The molecule has 1 saturated heterocycles. The summed E-state index contributed by atoms with van der Waals surface area (Å²) in [5, 5.41) is 4.74. The first-order valence-corrected chi connectivity index (χ1v) is 13.0. The Morgan fingerprint density at radius 3 is 2.69 bits per heavy atom. The number of morpholine rings is 1. The molecule has 2 aliphatic rings. The van der Waals surface area contributed by atoms with E-state index in [0.717, 1.165) is 11.3 Å². The second kappa shape index (κ2) is 8.47. The van der Waals surface area contributed by atoms with Crippen molar-refractivity contribution in [2.75, 3.05) is 26.3 Å². The van der Waals surface area contributed by atoms with Crippen LogP contribution in [0.2, 0.25) is 0 Å². The average molecular weight is 490 g/mol. The number of aromatic nitrogens is 4. The van der Waals surface area contributed by atoms with Gasteiger partial charge in [-0.05, 0) is 23.8 Å². The highest BCUT2D eigenvalue weighted by Crippen LogP contribution is 2.40. The van der Waals surface area contributed by atoms with Crippen LogP contribution in [0.25, 0.3) is 16.9 Å². The van der Waals surface area contributed by atoms with Crippen LogP contribution < -0.4 is 0 Å². The molecule has 9 nitrogen and oxygen atoms in total. The van der Waals surface area contributed by atoms with Crippen LogP contribution in [0.1, 0.15) is 21.6 Å². The zero-order valence-corrected chi connectivity index (χ0v) is 19.7. The van der Waals surface area contributed by atoms with Gasteiger partial charge in [-0.3, -0.25) is 4.79 Å². The van der Waals surface area contributed by atoms with Crippen LogP contribution in [0.15, 0.2) is 72.1 Å². The number of rotatable bonds is 4. The molecule has 4 heterocycles. The summed E-state index contributed by atoms with van der Waals surface area (Å²) in [6, 6.07) is 14.8. The zero-order chi connectivity index (χ0) is 24.0. The van der Waals surface area contributed by atoms with E-state index in [1.54, 1.807) is 46.4 Å². The minimum atomic E-state index is -3.61. The third-order valence-electron chi connectivity index (χ3n) is 6.38. The fourth-order valence-corrected chi connectivity index (χ4v) is 6.31. The Balaban J connectivity index is 1.52. The predicted octanol–water partition coefficient (Wildman–Crippen LogP) is 2.54. The summed E-state index contributed by atoms with van der Waals surface area (Å²) in [5.41, 5.74) is 3.62. The van der Waals surface area contributed by atoms with Gasteiger partial charge in [0.05, 0.1) is 41.6 Å². The summed E-state index contributed by atoms with van der Waals surface area (Å²) < 4.78 is 35.4. The molecule has 1 fully saturated rings. The number of sulfone groups is 1. The number of hydrogen-bond acceptors (Lipinski definition) is 6. The third kappa shape index (κ3) is 3.84. The number of fused-ring (bicyclic) bond motifs is 3. The molecule has 0 saturated carbocycles. The van der Waals surface area contributed by atoms with Crippen LogP contribution >= 0.6 is 0 Å². The van der Waals surface area contributed by atoms with Crippen LogP contribution in [-0.4, -0.2) is 64.9 Å². The van der Waals surface area contributed by atoms with Gasteiger partial charge in [0.15, 0.2) is 15.5 Å². The Hall–Kier alpha value is -3.76. The number of amides is 1. The molecule has 1 amide bonds. The molecule has 2 aromatic heterocycles. The molecule has 178 valence electrons. The molecule has 0 aliphatic carbocycles. The molecule has 0 unspecified atom stereocenters. The van der Waals surface area contributed by atoms with E-state index in [1.807, 2.05) is 35.0 Å². The van der Waals surface area contributed by atoms with Gasteiger partial charge in [-0.1, -0.05) is 30.3 Å². The first-order valence-electron chi connectivity index (χ1n) is 11.4. The van der Waals surface area contributed by atoms with E-state index in [1.165, 1.54) is 0 Å². The summed E-state index contributed by atoms with van der Waals surface area (Å²) in [6.07, 6.45) is 5.37. The van der Waals surface area contributed by atoms with Crippen molar-refractivity contribution >= 4 is 15.7 Å². The van der Waals surface area contributed by atoms with E-state index in [0.29, 0.717) is 49.7 Å². The largest absolute Gasteiger partial charge is 0.378 e. The summed E-state index contributed by atoms with van der Waals surface area (Å²) >= 11 is 0. The van der Waals surface area contributed by atoms with Crippen LogP contribution in [0.3, 0.4) is 0 Å². The minimum Gasteiger partial charge on any atom is -0.378 e. The molecule has 0 N–H and O–H groups in total. The molecule has 2 aliphatic heterocycles. The van der Waals surface area contributed by atoms with Crippen molar-refractivity contribution in [2.24, 2.45) is 0 Å². The van der Waals surface area contributed by atoms with Crippen molar-refractivity contribution in [2.45, 2.75) is 17.2 Å². The Labute approximate surface area is 202 Å². The Morgan fingerprint density at radius 1 is 1.06 bits per heavy atom.